The molecule has 0 aliphatic carbocycles. The second-order valence-electron chi connectivity index (χ2n) is 4.39. The number of ether oxygens (including phenoxy) is 1. The van der Waals surface area contributed by atoms with E-state index in [0.29, 0.717) is 13.0 Å². The molecule has 0 spiro atoms. The number of carbonyl (C=O) groups excluding carboxylic acids is 2. The summed E-state index contributed by atoms with van der Waals surface area (Å²) in [5.41, 5.74) is 0. The molecular formula is C12H24N2O3. The summed E-state index contributed by atoms with van der Waals surface area (Å²) in [5, 5.41) is 0. The maximum absolute atomic E-state index is 11.7. The molecule has 0 aromatic rings. The summed E-state index contributed by atoms with van der Waals surface area (Å²) in [7, 11) is 4.85. The third kappa shape index (κ3) is 6.26. The molecule has 5 heteroatoms. The number of amides is 1. The molecule has 1 atom stereocenters. The van der Waals surface area contributed by atoms with E-state index in [4.69, 9.17) is 0 Å². The maximum atomic E-state index is 11.7. The molecule has 1 unspecified atom stereocenters. The van der Waals surface area contributed by atoms with E-state index in [-0.39, 0.29) is 17.9 Å². The van der Waals surface area contributed by atoms with Gasteiger partial charge in [0.05, 0.1) is 20.1 Å². The van der Waals surface area contributed by atoms with Crippen molar-refractivity contribution in [1.29, 1.82) is 0 Å². The molecular weight excluding hydrogens is 220 g/mol. The Morgan fingerprint density at radius 3 is 2.29 bits per heavy atom. The van der Waals surface area contributed by atoms with Crippen LogP contribution in [0.5, 0.6) is 0 Å². The summed E-state index contributed by atoms with van der Waals surface area (Å²) in [6, 6.07) is 0.0197. The molecule has 0 bridgehead atoms. The van der Waals surface area contributed by atoms with Gasteiger partial charge in [0.2, 0.25) is 5.91 Å². The zero-order chi connectivity index (χ0) is 13.4. The zero-order valence-electron chi connectivity index (χ0n) is 11.5. The first kappa shape index (κ1) is 15.9. The van der Waals surface area contributed by atoms with Crippen molar-refractivity contribution in [2.45, 2.75) is 32.7 Å². The van der Waals surface area contributed by atoms with Crippen LogP contribution >= 0.6 is 0 Å². The van der Waals surface area contributed by atoms with Crippen LogP contribution in [-0.2, 0) is 14.3 Å². The lowest BCUT2D eigenvalue weighted by atomic mass is 10.2. The van der Waals surface area contributed by atoms with E-state index >= 15 is 0 Å². The number of likely N-dealkylation sites (N-methyl/N-ethyl adjacent to an activating group) is 1. The van der Waals surface area contributed by atoms with Crippen molar-refractivity contribution in [2.24, 2.45) is 0 Å². The van der Waals surface area contributed by atoms with E-state index in [2.05, 4.69) is 11.7 Å². The summed E-state index contributed by atoms with van der Waals surface area (Å²) >= 11 is 0. The van der Waals surface area contributed by atoms with Crippen molar-refractivity contribution in [3.05, 3.63) is 0 Å². The molecule has 0 aromatic carbocycles. The highest BCUT2D eigenvalue weighted by molar-refractivity contribution is 5.77. The van der Waals surface area contributed by atoms with Crippen molar-refractivity contribution in [3.8, 4) is 0 Å². The van der Waals surface area contributed by atoms with Crippen LogP contribution in [0.3, 0.4) is 0 Å². The molecule has 0 aliphatic heterocycles. The summed E-state index contributed by atoms with van der Waals surface area (Å²) in [6.45, 7) is 5.14. The normalized spacial score (nSPS) is 12.4. The topological polar surface area (TPSA) is 49.9 Å². The van der Waals surface area contributed by atoms with E-state index in [9.17, 15) is 9.59 Å². The van der Waals surface area contributed by atoms with Gasteiger partial charge in [-0.05, 0) is 19.9 Å². The first-order chi connectivity index (χ1) is 7.92. The SMILES string of the molecule is CCCN(CC(=O)N(C)C)C(C)CC(=O)OC. The first-order valence-electron chi connectivity index (χ1n) is 5.93. The van der Waals surface area contributed by atoms with Gasteiger partial charge in [-0.25, -0.2) is 0 Å². The summed E-state index contributed by atoms with van der Waals surface area (Å²) in [6.07, 6.45) is 1.27. The number of rotatable bonds is 7. The summed E-state index contributed by atoms with van der Waals surface area (Å²) in [5.74, 6) is -0.189. The van der Waals surface area contributed by atoms with Gasteiger partial charge >= 0.3 is 5.97 Å². The number of carbonyl (C=O) groups is 2. The number of nitrogens with zero attached hydrogens (tertiary/aromatic N) is 2. The van der Waals surface area contributed by atoms with Gasteiger partial charge in [0.25, 0.3) is 0 Å². The Morgan fingerprint density at radius 1 is 1.29 bits per heavy atom. The van der Waals surface area contributed by atoms with Crippen molar-refractivity contribution >= 4 is 11.9 Å². The molecule has 0 aromatic heterocycles. The van der Waals surface area contributed by atoms with Crippen LogP contribution in [0.1, 0.15) is 26.7 Å². The Hall–Kier alpha value is -1.10. The lowest BCUT2D eigenvalue weighted by Gasteiger charge is -2.28. The van der Waals surface area contributed by atoms with E-state index in [1.807, 2.05) is 11.8 Å². The molecule has 0 radical (unpaired) electrons. The fraction of sp³-hybridized carbons (Fsp3) is 0.833. The van der Waals surface area contributed by atoms with Crippen LogP contribution in [0.25, 0.3) is 0 Å². The number of methoxy groups -OCH3 is 1. The van der Waals surface area contributed by atoms with Gasteiger partial charge in [0, 0.05) is 20.1 Å². The highest BCUT2D eigenvalue weighted by Crippen LogP contribution is 2.06. The van der Waals surface area contributed by atoms with Crippen LogP contribution in [0, 0.1) is 0 Å². The monoisotopic (exact) mass is 244 g/mol. The van der Waals surface area contributed by atoms with E-state index in [1.54, 1.807) is 19.0 Å². The number of hydrogen-bond acceptors (Lipinski definition) is 4. The van der Waals surface area contributed by atoms with Crippen molar-refractivity contribution < 1.29 is 14.3 Å². The van der Waals surface area contributed by atoms with Crippen molar-refractivity contribution in [1.82, 2.24) is 9.80 Å². The molecule has 0 rings (SSSR count). The molecule has 100 valence electrons. The Balaban J connectivity index is 4.39. The number of esters is 1. The highest BCUT2D eigenvalue weighted by Gasteiger charge is 2.20. The fourth-order valence-corrected chi connectivity index (χ4v) is 1.51. The standard InChI is InChI=1S/C12H24N2O3/c1-6-7-14(9-11(15)13(3)4)10(2)8-12(16)17-5/h10H,6-9H2,1-5H3. The van der Waals surface area contributed by atoms with Gasteiger partial charge in [-0.3, -0.25) is 14.5 Å². The molecule has 1 amide bonds. The molecule has 0 saturated carbocycles. The zero-order valence-corrected chi connectivity index (χ0v) is 11.5. The number of hydrogen-bond donors (Lipinski definition) is 0. The van der Waals surface area contributed by atoms with E-state index in [1.165, 1.54) is 7.11 Å². The third-order valence-electron chi connectivity index (χ3n) is 2.66. The van der Waals surface area contributed by atoms with Crippen LogP contribution in [0.15, 0.2) is 0 Å². The lowest BCUT2D eigenvalue weighted by Crippen LogP contribution is -2.42. The molecule has 0 aliphatic rings. The van der Waals surface area contributed by atoms with Gasteiger partial charge < -0.3 is 9.64 Å². The summed E-state index contributed by atoms with van der Waals surface area (Å²) in [4.78, 5) is 26.4. The third-order valence-corrected chi connectivity index (χ3v) is 2.66. The molecule has 0 fully saturated rings. The van der Waals surface area contributed by atoms with Gasteiger partial charge in [-0.2, -0.15) is 0 Å². The maximum Gasteiger partial charge on any atom is 0.307 e. The predicted molar refractivity (Wildman–Crippen MR) is 66.7 cm³/mol. The lowest BCUT2D eigenvalue weighted by molar-refractivity contribution is -0.142. The minimum Gasteiger partial charge on any atom is -0.469 e. The molecule has 0 N–H and O–H groups in total. The van der Waals surface area contributed by atoms with Crippen LogP contribution in [-0.4, -0.2) is 62.0 Å². The molecule has 5 nitrogen and oxygen atoms in total. The highest BCUT2D eigenvalue weighted by atomic mass is 16.5. The summed E-state index contributed by atoms with van der Waals surface area (Å²) < 4.78 is 4.64. The second-order valence-corrected chi connectivity index (χ2v) is 4.39. The van der Waals surface area contributed by atoms with Crippen molar-refractivity contribution in [3.63, 3.8) is 0 Å². The van der Waals surface area contributed by atoms with Gasteiger partial charge in [0.1, 0.15) is 0 Å². The predicted octanol–water partition coefficient (Wildman–Crippen LogP) is 0.738. The molecule has 0 heterocycles. The fourth-order valence-electron chi connectivity index (χ4n) is 1.51. The van der Waals surface area contributed by atoms with Crippen LogP contribution in [0.4, 0.5) is 0 Å². The van der Waals surface area contributed by atoms with Crippen molar-refractivity contribution in [2.75, 3.05) is 34.3 Å². The molecule has 0 saturated heterocycles. The first-order valence-corrected chi connectivity index (χ1v) is 5.93. The Morgan fingerprint density at radius 2 is 1.88 bits per heavy atom. The van der Waals surface area contributed by atoms with E-state index in [0.717, 1.165) is 13.0 Å². The average molecular weight is 244 g/mol. The Kier molecular flexibility index (Phi) is 7.54. The Bertz CT molecular complexity index is 254. The van der Waals surface area contributed by atoms with Crippen LogP contribution in [0.2, 0.25) is 0 Å². The van der Waals surface area contributed by atoms with Gasteiger partial charge in [-0.1, -0.05) is 6.92 Å². The van der Waals surface area contributed by atoms with Gasteiger partial charge in [0.15, 0.2) is 0 Å². The smallest absolute Gasteiger partial charge is 0.307 e. The van der Waals surface area contributed by atoms with Gasteiger partial charge in [-0.15, -0.1) is 0 Å². The van der Waals surface area contributed by atoms with Crippen LogP contribution < -0.4 is 0 Å². The second kappa shape index (κ2) is 8.06. The average Bonchev–Trinajstić information content (AvgIpc) is 2.27. The largest absolute Gasteiger partial charge is 0.469 e. The minimum atomic E-state index is -0.240. The Labute approximate surface area is 104 Å². The quantitative estimate of drug-likeness (QED) is 0.620. The minimum absolute atomic E-state index is 0.0197. The van der Waals surface area contributed by atoms with E-state index < -0.39 is 0 Å². The molecule has 17 heavy (non-hydrogen) atoms.